The maximum absolute atomic E-state index is 13.0. The maximum atomic E-state index is 13.0. The number of amides is 1. The summed E-state index contributed by atoms with van der Waals surface area (Å²) in [4.78, 5) is 13.0. The minimum atomic E-state index is -3.06. The number of anilines is 1. The molecule has 1 N–H and O–H groups in total. The Morgan fingerprint density at radius 1 is 1.11 bits per heavy atom. The molecule has 1 unspecified atom stereocenters. The Kier molecular flexibility index (Phi) is 8.17. The normalized spacial score (nSPS) is 19.1. The Morgan fingerprint density at radius 3 is 2.50 bits per heavy atom. The summed E-state index contributed by atoms with van der Waals surface area (Å²) < 4.78 is 23.4. The van der Waals surface area contributed by atoms with Crippen molar-refractivity contribution in [1.82, 2.24) is 10.4 Å². The quantitative estimate of drug-likeness (QED) is 0.455. The zero-order valence-electron chi connectivity index (χ0n) is 19.2. The second-order valence-corrected chi connectivity index (χ2v) is 11.5. The zero-order valence-corrected chi connectivity index (χ0v) is 21.6. The number of carbonyl (C=O) groups is 1. The van der Waals surface area contributed by atoms with Gasteiger partial charge in [0.05, 0.1) is 34.3 Å². The minimum absolute atomic E-state index is 0.000637. The molecule has 0 saturated carbocycles. The summed E-state index contributed by atoms with van der Waals surface area (Å²) in [6, 6.07) is 14.5. The second kappa shape index (κ2) is 11.3. The molecule has 2 aliphatic rings. The van der Waals surface area contributed by atoms with Crippen LogP contribution in [-0.2, 0) is 14.6 Å². The number of unbranched alkanes of at least 4 members (excludes halogenated alkanes) is 1. The smallest absolute Gasteiger partial charge is 0.281 e. The average Bonchev–Trinajstić information content (AvgIpc) is 3.29. The first-order chi connectivity index (χ1) is 17.3. The fraction of sp³-hybridized carbons (Fsp3) is 0.320. The van der Waals surface area contributed by atoms with Crippen molar-refractivity contribution < 1.29 is 13.2 Å². The lowest BCUT2D eigenvalue weighted by Crippen LogP contribution is -2.51. The summed E-state index contributed by atoms with van der Waals surface area (Å²) >= 11 is 12.6. The van der Waals surface area contributed by atoms with Crippen molar-refractivity contribution in [2.24, 2.45) is 5.10 Å². The van der Waals surface area contributed by atoms with Gasteiger partial charge in [0.25, 0.3) is 5.91 Å². The number of hydrogen-bond acceptors (Lipinski definition) is 7. The van der Waals surface area contributed by atoms with Crippen LogP contribution in [0.25, 0.3) is 0 Å². The Labute approximate surface area is 220 Å². The van der Waals surface area contributed by atoms with Crippen LogP contribution in [0.3, 0.4) is 0 Å². The molecule has 0 spiro atoms. The molecular weight excluding hydrogens is 521 g/mol. The van der Waals surface area contributed by atoms with Crippen molar-refractivity contribution in [3.05, 3.63) is 63.6 Å². The van der Waals surface area contributed by atoms with Gasteiger partial charge in [-0.25, -0.2) is 13.4 Å². The lowest BCUT2D eigenvalue weighted by Gasteiger charge is -2.26. The molecule has 2 aliphatic heterocycles. The number of hydrazone groups is 1. The molecule has 0 radical (unpaired) electrons. The number of carbonyl (C=O) groups excluding carboxylic acids is 1. The van der Waals surface area contributed by atoms with Gasteiger partial charge in [-0.2, -0.15) is 10.4 Å². The molecule has 4 rings (SSSR count). The van der Waals surface area contributed by atoms with Crippen LogP contribution in [0.15, 0.2) is 47.6 Å². The van der Waals surface area contributed by atoms with Gasteiger partial charge in [0.2, 0.25) is 0 Å². The first-order valence-corrected chi connectivity index (χ1v) is 13.9. The monoisotopic (exact) mass is 543 g/mol. The van der Waals surface area contributed by atoms with E-state index in [0.29, 0.717) is 40.7 Å². The summed E-state index contributed by atoms with van der Waals surface area (Å²) in [6.45, 7) is 0.461. The largest absolute Gasteiger partial charge is 0.284 e. The molecule has 2 aromatic rings. The molecule has 2 heterocycles. The summed E-state index contributed by atoms with van der Waals surface area (Å²) in [5.74, 6) is 5.63. The number of halogens is 2. The number of nitrogens with one attached hydrogen (secondary N) is 1. The van der Waals surface area contributed by atoms with Crippen LogP contribution in [0.1, 0.15) is 36.4 Å². The summed E-state index contributed by atoms with van der Waals surface area (Å²) in [5.41, 5.74) is 5.44. The van der Waals surface area contributed by atoms with E-state index >= 15 is 0 Å². The Morgan fingerprint density at radius 2 is 1.83 bits per heavy atom. The maximum Gasteiger partial charge on any atom is 0.281 e. The number of sulfone groups is 1. The van der Waals surface area contributed by atoms with E-state index < -0.39 is 9.84 Å². The highest BCUT2D eigenvalue weighted by Crippen LogP contribution is 2.39. The lowest BCUT2D eigenvalue weighted by molar-refractivity contribution is -0.119. The van der Waals surface area contributed by atoms with Gasteiger partial charge < -0.3 is 0 Å². The van der Waals surface area contributed by atoms with Crippen LogP contribution in [-0.4, -0.2) is 49.6 Å². The van der Waals surface area contributed by atoms with Crippen LogP contribution in [0.5, 0.6) is 0 Å². The number of benzene rings is 2. The first kappa shape index (κ1) is 26.0. The van der Waals surface area contributed by atoms with Gasteiger partial charge in [0.15, 0.2) is 9.84 Å². The Balaban J connectivity index is 1.56. The van der Waals surface area contributed by atoms with Crippen molar-refractivity contribution >= 4 is 50.3 Å². The molecule has 186 valence electrons. The van der Waals surface area contributed by atoms with E-state index in [1.165, 1.54) is 0 Å². The third kappa shape index (κ3) is 6.37. The Hall–Kier alpha value is -3.08. The van der Waals surface area contributed by atoms with E-state index in [9.17, 15) is 13.2 Å². The SMILES string of the molecule is N#CCCC#Cc1ccc(C2CC(C(=O)NN3CCS(=O)(=O)CC3)=NN2c2ccc(Cl)cc2Cl)cc1. The van der Waals surface area contributed by atoms with Crippen LogP contribution in [0, 0.1) is 23.2 Å². The first-order valence-electron chi connectivity index (χ1n) is 11.3. The predicted octanol–water partition coefficient (Wildman–Crippen LogP) is 3.72. The highest BCUT2D eigenvalue weighted by molar-refractivity contribution is 7.91. The van der Waals surface area contributed by atoms with Crippen LogP contribution in [0.2, 0.25) is 10.0 Å². The van der Waals surface area contributed by atoms with Crippen molar-refractivity contribution in [1.29, 1.82) is 5.26 Å². The minimum Gasteiger partial charge on any atom is -0.284 e. The Bertz CT molecular complexity index is 1380. The number of hydrazine groups is 1. The van der Waals surface area contributed by atoms with Crippen LogP contribution >= 0.6 is 23.2 Å². The molecule has 2 aromatic carbocycles. The van der Waals surface area contributed by atoms with Gasteiger partial charge in [0.1, 0.15) is 5.71 Å². The molecule has 1 amide bonds. The predicted molar refractivity (Wildman–Crippen MR) is 140 cm³/mol. The van der Waals surface area contributed by atoms with Gasteiger partial charge in [-0.3, -0.25) is 15.2 Å². The van der Waals surface area contributed by atoms with E-state index in [-0.39, 0.29) is 36.5 Å². The molecule has 0 bridgehead atoms. The van der Waals surface area contributed by atoms with E-state index in [4.69, 9.17) is 28.5 Å². The topological polar surface area (TPSA) is 106 Å². The molecule has 11 heteroatoms. The van der Waals surface area contributed by atoms with E-state index in [1.807, 2.05) is 24.3 Å². The number of rotatable bonds is 5. The third-order valence-corrected chi connectivity index (χ3v) is 7.97. The van der Waals surface area contributed by atoms with Gasteiger partial charge in [-0.05, 0) is 35.9 Å². The number of nitriles is 1. The van der Waals surface area contributed by atoms with Gasteiger partial charge in [-0.1, -0.05) is 47.2 Å². The average molecular weight is 544 g/mol. The molecule has 8 nitrogen and oxygen atoms in total. The molecule has 0 aromatic heterocycles. The van der Waals surface area contributed by atoms with E-state index in [2.05, 4.69) is 28.4 Å². The molecule has 1 fully saturated rings. The molecule has 36 heavy (non-hydrogen) atoms. The molecule has 1 atom stereocenters. The molecule has 1 saturated heterocycles. The van der Waals surface area contributed by atoms with E-state index in [0.717, 1.165) is 11.1 Å². The highest BCUT2D eigenvalue weighted by atomic mass is 35.5. The standard InChI is InChI=1S/C25H23Cl2N5O3S/c26-20-9-10-23(21(27)16-20)32-24(19-7-5-18(6-8-19)4-2-1-3-11-28)17-22(29-32)25(33)30-31-12-14-36(34,35)15-13-31/h5-10,16,24H,1,3,12-15,17H2,(H,30,33). The van der Waals surface area contributed by atoms with Gasteiger partial charge >= 0.3 is 0 Å². The van der Waals surface area contributed by atoms with Crippen molar-refractivity contribution in [2.75, 3.05) is 29.6 Å². The zero-order chi connectivity index (χ0) is 25.7. The van der Waals surface area contributed by atoms with E-state index in [1.54, 1.807) is 28.2 Å². The summed E-state index contributed by atoms with van der Waals surface area (Å²) in [7, 11) is -3.06. The number of nitrogens with zero attached hydrogens (tertiary/aromatic N) is 4. The van der Waals surface area contributed by atoms with Gasteiger partial charge in [-0.15, -0.1) is 0 Å². The van der Waals surface area contributed by atoms with Crippen LogP contribution < -0.4 is 10.4 Å². The summed E-state index contributed by atoms with van der Waals surface area (Å²) in [5, 5.41) is 17.5. The highest BCUT2D eigenvalue weighted by Gasteiger charge is 2.34. The third-order valence-electron chi connectivity index (χ3n) is 5.82. The van der Waals surface area contributed by atoms with Gasteiger partial charge in [0, 0.05) is 42.9 Å². The molecular formula is C25H23Cl2N5O3S. The fourth-order valence-corrected chi connectivity index (χ4v) is 5.60. The lowest BCUT2D eigenvalue weighted by atomic mass is 9.99. The van der Waals surface area contributed by atoms with Crippen molar-refractivity contribution in [3.63, 3.8) is 0 Å². The summed E-state index contributed by atoms with van der Waals surface area (Å²) in [6.07, 6.45) is 1.22. The molecule has 0 aliphatic carbocycles. The van der Waals surface area contributed by atoms with Crippen LogP contribution in [0.4, 0.5) is 5.69 Å². The fourth-order valence-electron chi connectivity index (χ4n) is 3.90. The second-order valence-electron chi connectivity index (χ2n) is 8.37. The number of hydrogen-bond donors (Lipinski definition) is 1. The van der Waals surface area contributed by atoms with Crippen molar-refractivity contribution in [2.45, 2.75) is 25.3 Å². The van der Waals surface area contributed by atoms with Crippen molar-refractivity contribution in [3.8, 4) is 17.9 Å².